The van der Waals surface area contributed by atoms with Crippen molar-refractivity contribution in [1.82, 2.24) is 10.2 Å². The van der Waals surface area contributed by atoms with Crippen molar-refractivity contribution in [3.05, 3.63) is 65.2 Å². The van der Waals surface area contributed by atoms with Gasteiger partial charge in [0.25, 0.3) is 0 Å². The van der Waals surface area contributed by atoms with Crippen molar-refractivity contribution in [3.63, 3.8) is 0 Å². The molecule has 5 heteroatoms. The molecule has 2 N–H and O–H groups in total. The highest BCUT2D eigenvalue weighted by molar-refractivity contribution is 5.79. The highest BCUT2D eigenvalue weighted by atomic mass is 16.5. The largest absolute Gasteiger partial charge is 0.508 e. The summed E-state index contributed by atoms with van der Waals surface area (Å²) in [5, 5.41) is 13.9. The number of ether oxygens (including phenoxy) is 1. The van der Waals surface area contributed by atoms with Gasteiger partial charge in [0, 0.05) is 18.0 Å². The number of phenolic OH excluding ortho intramolecular Hbond substituents is 1. The Hall–Kier alpha value is -2.37. The average Bonchev–Trinajstić information content (AvgIpc) is 3.57. The summed E-state index contributed by atoms with van der Waals surface area (Å²) in [5.74, 6) is 1.27. The lowest BCUT2D eigenvalue weighted by atomic mass is 9.51. The molecule has 3 aliphatic heterocycles. The van der Waals surface area contributed by atoms with Gasteiger partial charge in [0.1, 0.15) is 5.75 Å². The van der Waals surface area contributed by atoms with E-state index in [1.807, 2.05) is 42.5 Å². The second kappa shape index (κ2) is 7.56. The van der Waals surface area contributed by atoms with Gasteiger partial charge in [0.15, 0.2) is 0 Å². The van der Waals surface area contributed by atoms with E-state index >= 15 is 0 Å². The Kier molecular flexibility index (Phi) is 4.66. The van der Waals surface area contributed by atoms with E-state index in [0.29, 0.717) is 18.2 Å². The number of amides is 1. The lowest BCUT2D eigenvalue weighted by molar-refractivity contribution is -0.209. The zero-order valence-electron chi connectivity index (χ0n) is 19.7. The van der Waals surface area contributed by atoms with Crippen LogP contribution in [0.5, 0.6) is 5.75 Å². The number of aromatic hydroxyl groups is 1. The number of fused-ring (bicyclic) bond motifs is 2. The summed E-state index contributed by atoms with van der Waals surface area (Å²) in [6.07, 6.45) is 8.20. The third-order valence-corrected chi connectivity index (χ3v) is 9.56. The minimum absolute atomic E-state index is 0.00997. The second-order valence-electron chi connectivity index (χ2n) is 11.5. The van der Waals surface area contributed by atoms with Crippen LogP contribution in [0.4, 0.5) is 0 Å². The van der Waals surface area contributed by atoms with E-state index in [2.05, 4.69) is 16.3 Å². The van der Waals surface area contributed by atoms with Crippen molar-refractivity contribution in [2.75, 3.05) is 13.1 Å². The molecule has 3 heterocycles. The number of carbonyl (C=O) groups excluding carboxylic acids is 1. The van der Waals surface area contributed by atoms with E-state index in [1.54, 1.807) is 0 Å². The van der Waals surface area contributed by atoms with Gasteiger partial charge in [-0.15, -0.1) is 0 Å². The van der Waals surface area contributed by atoms with Gasteiger partial charge in [-0.05, 0) is 86.2 Å². The maximum atomic E-state index is 13.1. The Balaban J connectivity index is 1.23. The average molecular weight is 459 g/mol. The highest BCUT2D eigenvalue weighted by Crippen LogP contribution is 2.63. The number of rotatable bonds is 5. The van der Waals surface area contributed by atoms with Gasteiger partial charge in [-0.3, -0.25) is 9.69 Å². The molecule has 1 spiro atoms. The topological polar surface area (TPSA) is 61.8 Å². The van der Waals surface area contributed by atoms with E-state index in [-0.39, 0.29) is 29.1 Å². The van der Waals surface area contributed by atoms with Crippen LogP contribution in [-0.2, 0) is 27.8 Å². The Labute approximate surface area is 201 Å². The van der Waals surface area contributed by atoms with Gasteiger partial charge in [-0.1, -0.05) is 36.4 Å². The normalized spacial score (nSPS) is 35.9. The number of carbonyl (C=O) groups is 1. The van der Waals surface area contributed by atoms with Crippen LogP contribution in [0.15, 0.2) is 48.5 Å². The molecule has 0 radical (unpaired) electrons. The van der Waals surface area contributed by atoms with Crippen LogP contribution >= 0.6 is 0 Å². The molecule has 2 aromatic rings. The summed E-state index contributed by atoms with van der Waals surface area (Å²) < 4.78 is 7.10. The minimum Gasteiger partial charge on any atom is -0.508 e. The molecule has 5 aliphatic rings. The maximum absolute atomic E-state index is 13.1. The molecule has 4 bridgehead atoms. The van der Waals surface area contributed by atoms with Gasteiger partial charge in [-0.2, -0.15) is 0 Å². The van der Waals surface area contributed by atoms with Crippen LogP contribution in [0.25, 0.3) is 0 Å². The molecule has 1 saturated carbocycles. The Morgan fingerprint density at radius 1 is 1.12 bits per heavy atom. The molecule has 3 saturated heterocycles. The molecule has 1 amide bonds. The smallest absolute Gasteiger partial charge is 0.224 e. The lowest BCUT2D eigenvalue weighted by Crippen LogP contribution is -2.74. The van der Waals surface area contributed by atoms with Crippen LogP contribution < -0.4 is 5.32 Å². The summed E-state index contributed by atoms with van der Waals surface area (Å²) in [7, 11) is 0. The number of benzene rings is 2. The molecule has 5 nitrogen and oxygen atoms in total. The number of likely N-dealkylation sites (tertiary alicyclic amines) is 1. The third kappa shape index (κ3) is 3.09. The Morgan fingerprint density at radius 2 is 1.97 bits per heavy atom. The molecule has 34 heavy (non-hydrogen) atoms. The number of nitrogens with one attached hydrogen (secondary N) is 1. The van der Waals surface area contributed by atoms with Gasteiger partial charge in [0.2, 0.25) is 5.91 Å². The number of phenols is 1. The lowest BCUT2D eigenvalue weighted by Gasteiger charge is -2.65. The third-order valence-electron chi connectivity index (χ3n) is 9.56. The first-order valence-corrected chi connectivity index (χ1v) is 13.1. The van der Waals surface area contributed by atoms with E-state index in [1.165, 1.54) is 30.5 Å². The van der Waals surface area contributed by atoms with Crippen molar-refractivity contribution in [3.8, 4) is 5.75 Å². The van der Waals surface area contributed by atoms with Crippen LogP contribution in [-0.4, -0.2) is 52.8 Å². The van der Waals surface area contributed by atoms with E-state index in [4.69, 9.17) is 4.74 Å². The zero-order valence-corrected chi connectivity index (χ0v) is 19.7. The summed E-state index contributed by atoms with van der Waals surface area (Å²) >= 11 is 0. The quantitative estimate of drug-likeness (QED) is 0.717. The molecule has 5 atom stereocenters. The van der Waals surface area contributed by atoms with Crippen molar-refractivity contribution < 1.29 is 14.6 Å². The van der Waals surface area contributed by atoms with Gasteiger partial charge in [0.05, 0.1) is 24.2 Å². The molecular formula is C29H34N2O3. The van der Waals surface area contributed by atoms with Crippen LogP contribution in [0.2, 0.25) is 0 Å². The van der Waals surface area contributed by atoms with Crippen molar-refractivity contribution >= 4 is 5.91 Å². The predicted octanol–water partition coefficient (Wildman–Crippen LogP) is 3.72. The molecule has 4 fully saturated rings. The molecule has 1 unspecified atom stereocenters. The second-order valence-corrected chi connectivity index (χ2v) is 11.5. The van der Waals surface area contributed by atoms with Crippen LogP contribution in [0.3, 0.4) is 0 Å². The molecule has 2 aliphatic carbocycles. The molecule has 2 aromatic carbocycles. The number of hydrogen-bond acceptors (Lipinski definition) is 4. The highest BCUT2D eigenvalue weighted by Gasteiger charge is 2.70. The fraction of sp³-hybridized carbons (Fsp3) is 0.552. The Bertz CT molecular complexity index is 1120. The SMILES string of the molecule is O=C(Cc1ccccc1)N[C@@H]1C[C@]23CCN(CC4CC4)[C@H](Cc4ccc(O)cc42)[C@@]32CCC1O2. The summed E-state index contributed by atoms with van der Waals surface area (Å²) in [6, 6.07) is 16.4. The molecule has 178 valence electrons. The first-order chi connectivity index (χ1) is 16.6. The fourth-order valence-corrected chi connectivity index (χ4v) is 7.92. The van der Waals surface area contributed by atoms with Crippen molar-refractivity contribution in [2.45, 2.75) is 80.6 Å². The van der Waals surface area contributed by atoms with E-state index < -0.39 is 0 Å². The van der Waals surface area contributed by atoms with Crippen LogP contribution in [0.1, 0.15) is 55.2 Å². The van der Waals surface area contributed by atoms with E-state index in [9.17, 15) is 9.90 Å². The summed E-state index contributed by atoms with van der Waals surface area (Å²) in [4.78, 5) is 15.8. The van der Waals surface area contributed by atoms with Crippen molar-refractivity contribution in [1.29, 1.82) is 0 Å². The molecular weight excluding hydrogens is 424 g/mol. The fourth-order valence-electron chi connectivity index (χ4n) is 7.92. The van der Waals surface area contributed by atoms with Gasteiger partial charge in [-0.25, -0.2) is 0 Å². The molecule has 7 rings (SSSR count). The van der Waals surface area contributed by atoms with Crippen LogP contribution in [0, 0.1) is 5.92 Å². The van der Waals surface area contributed by atoms with Gasteiger partial charge >= 0.3 is 0 Å². The number of nitrogens with zero attached hydrogens (tertiary/aromatic N) is 1. The predicted molar refractivity (Wildman–Crippen MR) is 130 cm³/mol. The van der Waals surface area contributed by atoms with E-state index in [0.717, 1.165) is 50.1 Å². The first-order valence-electron chi connectivity index (χ1n) is 13.1. The standard InChI is InChI=1S/C29H34N2O3/c32-22-9-8-21-15-26-29-11-10-25(34-29)24(30-27(33)14-19-4-2-1-3-5-19)17-28(29,23(21)16-22)12-13-31(26)18-20-6-7-20/h1-5,8-9,16,20,24-26,32H,6-7,10-15,17-18H2,(H,30,33)/t24-,25?,26-,28-,29+/m1/s1. The molecule has 0 aromatic heterocycles. The number of hydrogen-bond donors (Lipinski definition) is 2. The first kappa shape index (κ1) is 21.0. The van der Waals surface area contributed by atoms with Gasteiger partial charge < -0.3 is 15.2 Å². The minimum atomic E-state index is -0.202. The zero-order chi connectivity index (χ0) is 22.9. The number of piperidine rings is 1. The summed E-state index contributed by atoms with van der Waals surface area (Å²) in [5.41, 5.74) is 3.32. The monoisotopic (exact) mass is 458 g/mol. The Morgan fingerprint density at radius 3 is 2.79 bits per heavy atom. The van der Waals surface area contributed by atoms with Crippen molar-refractivity contribution in [2.24, 2.45) is 5.92 Å². The summed E-state index contributed by atoms with van der Waals surface area (Å²) in [6.45, 7) is 2.28. The maximum Gasteiger partial charge on any atom is 0.224 e.